The smallest absolute Gasteiger partial charge is 0.255 e. The lowest BCUT2D eigenvalue weighted by Gasteiger charge is -2.29. The molecule has 0 aliphatic carbocycles. The van der Waals surface area contributed by atoms with E-state index in [2.05, 4.69) is 26.2 Å². The van der Waals surface area contributed by atoms with Gasteiger partial charge >= 0.3 is 0 Å². The Morgan fingerprint density at radius 3 is 2.65 bits per heavy atom. The van der Waals surface area contributed by atoms with Gasteiger partial charge in [-0.25, -0.2) is 0 Å². The summed E-state index contributed by atoms with van der Waals surface area (Å²) in [5.74, 6) is -0.467. The number of nitrogens with zero attached hydrogens (tertiary/aromatic N) is 1. The maximum Gasteiger partial charge on any atom is 0.255 e. The molecule has 1 atom stereocenters. The number of alkyl halides is 1. The van der Waals surface area contributed by atoms with Gasteiger partial charge in [0.2, 0.25) is 0 Å². The molecule has 0 aliphatic heterocycles. The molecule has 0 radical (unpaired) electrons. The van der Waals surface area contributed by atoms with Crippen molar-refractivity contribution in [3.8, 4) is 5.75 Å². The highest BCUT2D eigenvalue weighted by Crippen LogP contribution is 2.24. The fourth-order valence-corrected chi connectivity index (χ4v) is 2.35. The Morgan fingerprint density at radius 2 is 2.05 bits per heavy atom. The zero-order chi connectivity index (χ0) is 14.6. The third-order valence-electron chi connectivity index (χ3n) is 3.11. The maximum absolute atomic E-state index is 12.3. The standard InChI is InChI=1S/C15H15BrN2O2/c1-15(10-16,11-5-3-2-4-6-11)18-14(20)12-7-8-17-9-13(12)19/h2-9,19H,10H2,1H3,(H,18,20). The van der Waals surface area contributed by atoms with Crippen molar-refractivity contribution in [2.24, 2.45) is 0 Å². The van der Waals surface area contributed by atoms with Crippen molar-refractivity contribution in [2.45, 2.75) is 12.5 Å². The number of hydrogen-bond acceptors (Lipinski definition) is 3. The summed E-state index contributed by atoms with van der Waals surface area (Å²) in [6, 6.07) is 11.2. The van der Waals surface area contributed by atoms with E-state index in [0.717, 1.165) is 5.56 Å². The monoisotopic (exact) mass is 334 g/mol. The van der Waals surface area contributed by atoms with Crippen molar-refractivity contribution in [3.05, 3.63) is 59.9 Å². The highest BCUT2D eigenvalue weighted by molar-refractivity contribution is 9.09. The minimum absolute atomic E-state index is 0.130. The van der Waals surface area contributed by atoms with Crippen LogP contribution in [0.3, 0.4) is 0 Å². The number of carbonyl (C=O) groups excluding carboxylic acids is 1. The van der Waals surface area contributed by atoms with E-state index in [-0.39, 0.29) is 17.2 Å². The van der Waals surface area contributed by atoms with E-state index in [9.17, 15) is 9.90 Å². The molecular formula is C15H15BrN2O2. The number of pyridine rings is 1. The first kappa shape index (κ1) is 14.5. The molecule has 2 aromatic rings. The Morgan fingerprint density at radius 1 is 1.35 bits per heavy atom. The first-order valence-electron chi connectivity index (χ1n) is 6.14. The van der Waals surface area contributed by atoms with Crippen LogP contribution < -0.4 is 5.32 Å². The molecule has 0 saturated carbocycles. The number of halogens is 1. The predicted molar refractivity (Wildman–Crippen MR) is 81.0 cm³/mol. The minimum atomic E-state index is -0.561. The molecule has 2 N–H and O–H groups in total. The molecule has 1 aromatic heterocycles. The molecular weight excluding hydrogens is 320 g/mol. The molecule has 1 heterocycles. The molecule has 2 rings (SSSR count). The SMILES string of the molecule is CC(CBr)(NC(=O)c1ccncc1O)c1ccccc1. The second-order valence-electron chi connectivity index (χ2n) is 4.68. The van der Waals surface area contributed by atoms with Crippen LogP contribution in [-0.4, -0.2) is 21.3 Å². The molecule has 5 heteroatoms. The molecule has 0 saturated heterocycles. The van der Waals surface area contributed by atoms with Crippen molar-refractivity contribution in [3.63, 3.8) is 0 Å². The number of benzene rings is 1. The topological polar surface area (TPSA) is 62.2 Å². The van der Waals surface area contributed by atoms with Gasteiger partial charge in [-0.1, -0.05) is 46.3 Å². The molecule has 4 nitrogen and oxygen atoms in total. The summed E-state index contributed by atoms with van der Waals surface area (Å²) >= 11 is 3.44. The quantitative estimate of drug-likeness (QED) is 0.845. The number of amides is 1. The van der Waals surface area contributed by atoms with Gasteiger partial charge in [0.05, 0.1) is 17.3 Å². The summed E-state index contributed by atoms with van der Waals surface area (Å²) in [5.41, 5.74) is 0.635. The third kappa shape index (κ3) is 2.99. The normalized spacial score (nSPS) is 13.5. The highest BCUT2D eigenvalue weighted by atomic mass is 79.9. The maximum atomic E-state index is 12.3. The average molecular weight is 335 g/mol. The first-order valence-corrected chi connectivity index (χ1v) is 7.26. The van der Waals surface area contributed by atoms with E-state index < -0.39 is 5.54 Å². The second-order valence-corrected chi connectivity index (χ2v) is 5.24. The Bertz CT molecular complexity index is 604. The minimum Gasteiger partial charge on any atom is -0.505 e. The molecule has 1 unspecified atom stereocenters. The number of rotatable bonds is 4. The van der Waals surface area contributed by atoms with Crippen molar-refractivity contribution in [1.82, 2.24) is 10.3 Å². The number of aromatic hydroxyl groups is 1. The Balaban J connectivity index is 2.27. The van der Waals surface area contributed by atoms with Crippen LogP contribution in [0, 0.1) is 0 Å². The third-order valence-corrected chi connectivity index (χ3v) is 4.23. The zero-order valence-electron chi connectivity index (χ0n) is 11.0. The van der Waals surface area contributed by atoms with Crippen molar-refractivity contribution >= 4 is 21.8 Å². The summed E-state index contributed by atoms with van der Waals surface area (Å²) < 4.78 is 0. The van der Waals surface area contributed by atoms with Crippen LogP contribution >= 0.6 is 15.9 Å². The molecule has 0 spiro atoms. The van der Waals surface area contributed by atoms with Crippen LogP contribution in [0.2, 0.25) is 0 Å². The van der Waals surface area contributed by atoms with E-state index in [1.807, 2.05) is 37.3 Å². The lowest BCUT2D eigenvalue weighted by Crippen LogP contribution is -2.44. The molecule has 1 aromatic carbocycles. The van der Waals surface area contributed by atoms with Crippen LogP contribution in [0.1, 0.15) is 22.8 Å². The van der Waals surface area contributed by atoms with Gasteiger partial charge in [0, 0.05) is 11.5 Å². The van der Waals surface area contributed by atoms with Gasteiger partial charge in [-0.15, -0.1) is 0 Å². The lowest BCUT2D eigenvalue weighted by molar-refractivity contribution is 0.0911. The molecule has 1 amide bonds. The Hall–Kier alpha value is -1.88. The van der Waals surface area contributed by atoms with Gasteiger partial charge in [-0.3, -0.25) is 9.78 Å². The summed E-state index contributed by atoms with van der Waals surface area (Å²) in [6.07, 6.45) is 2.73. The predicted octanol–water partition coefficient (Wildman–Crippen LogP) is 2.83. The van der Waals surface area contributed by atoms with E-state index in [0.29, 0.717) is 5.33 Å². The summed E-state index contributed by atoms with van der Waals surface area (Å²) in [6.45, 7) is 1.92. The van der Waals surface area contributed by atoms with E-state index in [1.165, 1.54) is 18.5 Å². The highest BCUT2D eigenvalue weighted by Gasteiger charge is 2.28. The van der Waals surface area contributed by atoms with Gasteiger partial charge in [-0.05, 0) is 18.6 Å². The van der Waals surface area contributed by atoms with Gasteiger partial charge in [0.25, 0.3) is 5.91 Å². The van der Waals surface area contributed by atoms with E-state index in [1.54, 1.807) is 0 Å². The van der Waals surface area contributed by atoms with Crippen LogP contribution in [-0.2, 0) is 5.54 Å². The summed E-state index contributed by atoms with van der Waals surface area (Å²) in [7, 11) is 0. The second kappa shape index (κ2) is 6.05. The molecule has 0 aliphatic rings. The first-order chi connectivity index (χ1) is 9.57. The average Bonchev–Trinajstić information content (AvgIpc) is 2.48. The number of nitrogens with one attached hydrogen (secondary N) is 1. The van der Waals surface area contributed by atoms with Crippen LogP contribution in [0.25, 0.3) is 0 Å². The van der Waals surface area contributed by atoms with Gasteiger partial charge < -0.3 is 10.4 Å². The number of hydrogen-bond donors (Lipinski definition) is 2. The molecule has 20 heavy (non-hydrogen) atoms. The summed E-state index contributed by atoms with van der Waals surface area (Å²) in [4.78, 5) is 16.1. The van der Waals surface area contributed by atoms with Gasteiger partial charge in [0.1, 0.15) is 5.75 Å². The molecule has 0 bridgehead atoms. The fraction of sp³-hybridized carbons (Fsp3) is 0.200. The van der Waals surface area contributed by atoms with Crippen LogP contribution in [0.5, 0.6) is 5.75 Å². The van der Waals surface area contributed by atoms with Crippen molar-refractivity contribution in [1.29, 1.82) is 0 Å². The Labute approximate surface area is 126 Å². The molecule has 0 fully saturated rings. The van der Waals surface area contributed by atoms with Crippen molar-refractivity contribution in [2.75, 3.05) is 5.33 Å². The molecule has 104 valence electrons. The van der Waals surface area contributed by atoms with Crippen molar-refractivity contribution < 1.29 is 9.90 Å². The van der Waals surface area contributed by atoms with Crippen LogP contribution in [0.4, 0.5) is 0 Å². The largest absolute Gasteiger partial charge is 0.505 e. The summed E-state index contributed by atoms with van der Waals surface area (Å²) in [5, 5.41) is 13.2. The number of carbonyl (C=O) groups is 1. The fourth-order valence-electron chi connectivity index (χ4n) is 1.88. The van der Waals surface area contributed by atoms with E-state index >= 15 is 0 Å². The lowest BCUT2D eigenvalue weighted by atomic mass is 9.94. The zero-order valence-corrected chi connectivity index (χ0v) is 12.6. The Kier molecular flexibility index (Phi) is 4.39. The number of aromatic nitrogens is 1. The van der Waals surface area contributed by atoms with Crippen LogP contribution in [0.15, 0.2) is 48.8 Å². The van der Waals surface area contributed by atoms with Gasteiger partial charge in [-0.2, -0.15) is 0 Å². The van der Waals surface area contributed by atoms with Gasteiger partial charge in [0.15, 0.2) is 0 Å². The van der Waals surface area contributed by atoms with E-state index in [4.69, 9.17) is 0 Å².